The van der Waals surface area contributed by atoms with Crippen LogP contribution in [0.15, 0.2) is 72.9 Å². The van der Waals surface area contributed by atoms with Gasteiger partial charge in [-0.2, -0.15) is 0 Å². The van der Waals surface area contributed by atoms with E-state index in [1.165, 1.54) is 44.9 Å². The maximum absolute atomic E-state index is 12.7. The van der Waals surface area contributed by atoms with E-state index in [1.54, 1.807) is 0 Å². The van der Waals surface area contributed by atoms with Gasteiger partial charge in [0.2, 0.25) is 0 Å². The van der Waals surface area contributed by atoms with Gasteiger partial charge in [-0.3, -0.25) is 14.4 Å². The lowest BCUT2D eigenvalue weighted by Gasteiger charge is -2.18. The minimum atomic E-state index is -0.797. The highest BCUT2D eigenvalue weighted by Crippen LogP contribution is 2.13. The third-order valence-corrected chi connectivity index (χ3v) is 9.95. The van der Waals surface area contributed by atoms with Gasteiger partial charge >= 0.3 is 17.9 Å². The number of carbonyl (C=O) groups is 3. The minimum absolute atomic E-state index is 0.0980. The molecule has 0 aliphatic heterocycles. The van der Waals surface area contributed by atoms with Gasteiger partial charge in [0.15, 0.2) is 6.10 Å². The molecule has 0 aliphatic rings. The molecule has 0 N–H and O–H groups in total. The van der Waals surface area contributed by atoms with Crippen LogP contribution in [0.5, 0.6) is 0 Å². The summed E-state index contributed by atoms with van der Waals surface area (Å²) in [6.07, 6.45) is 57.5. The van der Waals surface area contributed by atoms with Gasteiger partial charge in [0, 0.05) is 19.3 Å². The van der Waals surface area contributed by atoms with Gasteiger partial charge in [-0.05, 0) is 96.3 Å². The van der Waals surface area contributed by atoms with Crippen molar-refractivity contribution in [3.8, 4) is 0 Å². The summed E-state index contributed by atoms with van der Waals surface area (Å²) in [5, 5.41) is 0. The molecule has 6 nitrogen and oxygen atoms in total. The van der Waals surface area contributed by atoms with E-state index in [0.717, 1.165) is 135 Å². The molecule has 1 unspecified atom stereocenters. The second-order valence-corrected chi connectivity index (χ2v) is 15.6. The fourth-order valence-electron chi connectivity index (χ4n) is 6.39. The topological polar surface area (TPSA) is 78.9 Å². The highest BCUT2D eigenvalue weighted by atomic mass is 16.6. The van der Waals surface area contributed by atoms with Crippen LogP contribution in [0, 0.1) is 0 Å². The fraction of sp³-hybridized carbons (Fsp3) is 0.712. The van der Waals surface area contributed by atoms with Crippen LogP contribution in [-0.2, 0) is 28.6 Å². The van der Waals surface area contributed by atoms with Crippen molar-refractivity contribution in [3.05, 3.63) is 72.9 Å². The van der Waals surface area contributed by atoms with Gasteiger partial charge in [0.25, 0.3) is 0 Å². The van der Waals surface area contributed by atoms with Crippen molar-refractivity contribution in [2.75, 3.05) is 13.2 Å². The summed E-state index contributed by atoms with van der Waals surface area (Å²) in [5.41, 5.74) is 0. The van der Waals surface area contributed by atoms with E-state index in [-0.39, 0.29) is 31.1 Å². The molecule has 0 aromatic carbocycles. The van der Waals surface area contributed by atoms with Crippen molar-refractivity contribution in [1.29, 1.82) is 0 Å². The monoisotopic (exact) mass is 809 g/mol. The van der Waals surface area contributed by atoms with Gasteiger partial charge in [-0.15, -0.1) is 0 Å². The van der Waals surface area contributed by atoms with E-state index in [0.29, 0.717) is 19.3 Å². The van der Waals surface area contributed by atoms with Crippen LogP contribution in [0.2, 0.25) is 0 Å². The standard InChI is InChI=1S/C52H88O6/c1-4-7-10-13-16-19-22-25-26-27-28-31-33-36-39-42-45-51(54)57-48-49(58-52(55)46-43-40-37-34-30-24-21-18-15-12-9-6-3)47-56-50(53)44-41-38-35-32-29-23-20-17-14-11-8-5-2/h8-9,11-12,17-18,20-21,26-28,31,49H,4-7,10,13-16,19,22-25,29-30,32-48H2,1-3H3/b11-8-,12-9-,20-17-,21-18-,27-26-,31-28-. The largest absolute Gasteiger partial charge is 0.462 e. The number of rotatable bonds is 42. The molecule has 6 heteroatoms. The molecule has 1 atom stereocenters. The molecule has 0 radical (unpaired) electrons. The van der Waals surface area contributed by atoms with Crippen molar-refractivity contribution in [3.63, 3.8) is 0 Å². The average Bonchev–Trinajstić information content (AvgIpc) is 3.22. The smallest absolute Gasteiger partial charge is 0.306 e. The Morgan fingerprint density at radius 1 is 0.379 bits per heavy atom. The molecule has 0 spiro atoms. The molecule has 58 heavy (non-hydrogen) atoms. The van der Waals surface area contributed by atoms with E-state index in [4.69, 9.17) is 14.2 Å². The molecular weight excluding hydrogens is 721 g/mol. The van der Waals surface area contributed by atoms with Crippen molar-refractivity contribution in [2.24, 2.45) is 0 Å². The molecule has 0 amide bonds. The molecule has 0 saturated carbocycles. The first kappa shape index (κ1) is 54.9. The quantitative estimate of drug-likeness (QED) is 0.0201. The first-order valence-electron chi connectivity index (χ1n) is 24.0. The zero-order valence-corrected chi connectivity index (χ0v) is 37.8. The summed E-state index contributed by atoms with van der Waals surface area (Å²) < 4.78 is 16.7. The summed E-state index contributed by atoms with van der Waals surface area (Å²) in [7, 11) is 0. The third kappa shape index (κ3) is 44.0. The second-order valence-electron chi connectivity index (χ2n) is 15.6. The van der Waals surface area contributed by atoms with Crippen molar-refractivity contribution in [2.45, 2.75) is 226 Å². The SMILES string of the molecule is CC/C=C\C/C=C\CCCCCCCC(=O)OCC(COC(=O)CCCCC/C=C\C=C/CCCCCCCCC)OC(=O)CCCCCCC/C=C\C/C=C\CC. The highest BCUT2D eigenvalue weighted by Gasteiger charge is 2.19. The first-order chi connectivity index (χ1) is 28.5. The van der Waals surface area contributed by atoms with E-state index < -0.39 is 6.10 Å². The molecule has 332 valence electrons. The Kier molecular flexibility index (Phi) is 44.0. The molecular formula is C52H88O6. The van der Waals surface area contributed by atoms with Gasteiger partial charge in [0.05, 0.1) is 0 Å². The van der Waals surface area contributed by atoms with Crippen molar-refractivity contribution < 1.29 is 28.6 Å². The van der Waals surface area contributed by atoms with Gasteiger partial charge < -0.3 is 14.2 Å². The summed E-state index contributed by atoms with van der Waals surface area (Å²) in [4.78, 5) is 37.8. The number of hydrogen-bond donors (Lipinski definition) is 0. The fourth-order valence-corrected chi connectivity index (χ4v) is 6.39. The lowest BCUT2D eigenvalue weighted by molar-refractivity contribution is -0.167. The number of allylic oxidation sites excluding steroid dienone is 12. The normalized spacial score (nSPS) is 12.7. The summed E-state index contributed by atoms with van der Waals surface area (Å²) >= 11 is 0. The molecule has 0 saturated heterocycles. The Morgan fingerprint density at radius 3 is 1.16 bits per heavy atom. The maximum atomic E-state index is 12.7. The highest BCUT2D eigenvalue weighted by molar-refractivity contribution is 5.71. The summed E-state index contributed by atoms with van der Waals surface area (Å²) in [5.74, 6) is -0.958. The molecule has 0 aliphatic carbocycles. The lowest BCUT2D eigenvalue weighted by atomic mass is 10.1. The van der Waals surface area contributed by atoms with Gasteiger partial charge in [0.1, 0.15) is 13.2 Å². The number of hydrogen-bond acceptors (Lipinski definition) is 6. The van der Waals surface area contributed by atoms with Crippen LogP contribution in [-0.4, -0.2) is 37.2 Å². The summed E-state index contributed by atoms with van der Waals surface area (Å²) in [6.45, 7) is 6.35. The Balaban J connectivity index is 4.45. The molecule has 0 aromatic rings. The van der Waals surface area contributed by atoms with Crippen molar-refractivity contribution in [1.82, 2.24) is 0 Å². The Labute approximate surface area is 357 Å². The molecule has 0 heterocycles. The summed E-state index contributed by atoms with van der Waals surface area (Å²) in [6, 6.07) is 0. The van der Waals surface area contributed by atoms with E-state index in [2.05, 4.69) is 93.7 Å². The van der Waals surface area contributed by atoms with E-state index in [9.17, 15) is 14.4 Å². The predicted octanol–water partition coefficient (Wildman–Crippen LogP) is 15.5. The van der Waals surface area contributed by atoms with E-state index >= 15 is 0 Å². The van der Waals surface area contributed by atoms with Crippen molar-refractivity contribution >= 4 is 17.9 Å². The molecule has 0 fully saturated rings. The van der Waals surface area contributed by atoms with Gasteiger partial charge in [-0.1, -0.05) is 177 Å². The zero-order valence-electron chi connectivity index (χ0n) is 37.8. The molecule has 0 bridgehead atoms. The average molecular weight is 809 g/mol. The van der Waals surface area contributed by atoms with Crippen LogP contribution in [0.1, 0.15) is 220 Å². The Bertz CT molecular complexity index is 1110. The van der Waals surface area contributed by atoms with E-state index in [1.807, 2.05) is 0 Å². The van der Waals surface area contributed by atoms with Crippen LogP contribution in [0.3, 0.4) is 0 Å². The third-order valence-electron chi connectivity index (χ3n) is 9.95. The van der Waals surface area contributed by atoms with Crippen LogP contribution in [0.4, 0.5) is 0 Å². The minimum Gasteiger partial charge on any atom is -0.462 e. The van der Waals surface area contributed by atoms with Gasteiger partial charge in [-0.25, -0.2) is 0 Å². The number of esters is 3. The Morgan fingerprint density at radius 2 is 0.724 bits per heavy atom. The number of unbranched alkanes of at least 4 members (excludes halogenated alkanes) is 20. The Hall–Kier alpha value is -3.15. The van der Waals surface area contributed by atoms with Crippen LogP contribution in [0.25, 0.3) is 0 Å². The number of ether oxygens (including phenoxy) is 3. The van der Waals surface area contributed by atoms with Crippen LogP contribution >= 0.6 is 0 Å². The molecule has 0 aromatic heterocycles. The maximum Gasteiger partial charge on any atom is 0.306 e. The zero-order chi connectivity index (χ0) is 42.3. The predicted molar refractivity (Wildman–Crippen MR) is 247 cm³/mol. The lowest BCUT2D eigenvalue weighted by Crippen LogP contribution is -2.30. The second kappa shape index (κ2) is 46.5. The molecule has 0 rings (SSSR count). The first-order valence-corrected chi connectivity index (χ1v) is 24.0. The van der Waals surface area contributed by atoms with Crippen LogP contribution < -0.4 is 0 Å². The number of carbonyl (C=O) groups excluding carboxylic acids is 3.